The summed E-state index contributed by atoms with van der Waals surface area (Å²) in [5, 5.41) is 12.0. The Labute approximate surface area is 131 Å². The van der Waals surface area contributed by atoms with Gasteiger partial charge in [-0.1, -0.05) is 37.5 Å². The van der Waals surface area contributed by atoms with Crippen LogP contribution in [0.4, 0.5) is 4.39 Å². The maximum Gasteiger partial charge on any atom is 0.270 e. The third-order valence-electron chi connectivity index (χ3n) is 3.00. The zero-order valence-electron chi connectivity index (χ0n) is 12.2. The lowest BCUT2D eigenvalue weighted by atomic mass is 9.93. The summed E-state index contributed by atoms with van der Waals surface area (Å²) in [6, 6.07) is 5.77. The Morgan fingerprint density at radius 3 is 2.41 bits per heavy atom. The molecule has 0 aliphatic carbocycles. The van der Waals surface area contributed by atoms with Crippen molar-refractivity contribution < 1.29 is 13.3 Å². The van der Waals surface area contributed by atoms with Crippen LogP contribution in [0.15, 0.2) is 33.2 Å². The van der Waals surface area contributed by atoms with E-state index in [1.165, 1.54) is 12.1 Å². The fourth-order valence-corrected chi connectivity index (χ4v) is 2.07. The van der Waals surface area contributed by atoms with Crippen molar-refractivity contribution in [2.24, 2.45) is 0 Å². The molecular formula is C15H13ClFN3O2. The molecule has 114 valence electrons. The number of nitrogens with zero attached hydrogens (tertiary/aromatic N) is 3. The van der Waals surface area contributed by atoms with Crippen molar-refractivity contribution in [2.75, 3.05) is 0 Å². The van der Waals surface area contributed by atoms with Crippen LogP contribution in [0.1, 0.15) is 26.5 Å². The maximum atomic E-state index is 13.4. The highest BCUT2D eigenvalue weighted by Crippen LogP contribution is 2.29. The van der Waals surface area contributed by atoms with E-state index >= 15 is 0 Å². The van der Waals surface area contributed by atoms with Crippen LogP contribution in [0.5, 0.6) is 0 Å². The van der Waals surface area contributed by atoms with E-state index in [2.05, 4.69) is 15.4 Å². The highest BCUT2D eigenvalue weighted by Gasteiger charge is 2.22. The molecule has 0 amide bonds. The van der Waals surface area contributed by atoms with E-state index in [0.29, 0.717) is 17.0 Å². The molecule has 5 nitrogen and oxygen atoms in total. The van der Waals surface area contributed by atoms with Crippen LogP contribution in [0.3, 0.4) is 0 Å². The van der Waals surface area contributed by atoms with Crippen LogP contribution in [-0.4, -0.2) is 15.4 Å². The van der Waals surface area contributed by atoms with E-state index in [4.69, 9.17) is 20.5 Å². The molecule has 2 heterocycles. The number of rotatable bonds is 2. The van der Waals surface area contributed by atoms with Gasteiger partial charge in [0.2, 0.25) is 5.89 Å². The molecule has 3 rings (SSSR count). The molecule has 0 saturated heterocycles. The standard InChI is InChI=1S/C15H13ClFN3O2/c1-15(2,3)12-7-11(20-22-12)14-19-18-13(21-14)8-4-9(16)6-10(17)5-8/h4-7H,1-3H3. The zero-order chi connectivity index (χ0) is 15.9. The molecule has 0 bridgehead atoms. The summed E-state index contributed by atoms with van der Waals surface area (Å²) in [5.74, 6) is 0.598. The summed E-state index contributed by atoms with van der Waals surface area (Å²) in [6.07, 6.45) is 0. The first-order valence-electron chi connectivity index (χ1n) is 6.60. The van der Waals surface area contributed by atoms with Crippen LogP contribution < -0.4 is 0 Å². The topological polar surface area (TPSA) is 65.0 Å². The summed E-state index contributed by atoms with van der Waals surface area (Å²) in [5.41, 5.74) is 0.666. The van der Waals surface area contributed by atoms with Crippen molar-refractivity contribution in [3.8, 4) is 23.0 Å². The lowest BCUT2D eigenvalue weighted by molar-refractivity contribution is 0.329. The highest BCUT2D eigenvalue weighted by atomic mass is 35.5. The average molecular weight is 322 g/mol. The van der Waals surface area contributed by atoms with Gasteiger partial charge in [0.05, 0.1) is 0 Å². The summed E-state index contributed by atoms with van der Waals surface area (Å²) in [4.78, 5) is 0. The number of halogens is 2. The number of hydrogen-bond donors (Lipinski definition) is 0. The van der Waals surface area contributed by atoms with Gasteiger partial charge in [-0.15, -0.1) is 10.2 Å². The van der Waals surface area contributed by atoms with Crippen molar-refractivity contribution in [3.05, 3.63) is 40.9 Å². The molecule has 0 aliphatic heterocycles. The van der Waals surface area contributed by atoms with Gasteiger partial charge in [-0.05, 0) is 18.2 Å². The lowest BCUT2D eigenvalue weighted by Crippen LogP contribution is -2.09. The first kappa shape index (κ1) is 14.7. The molecule has 22 heavy (non-hydrogen) atoms. The van der Waals surface area contributed by atoms with Crippen molar-refractivity contribution in [2.45, 2.75) is 26.2 Å². The third-order valence-corrected chi connectivity index (χ3v) is 3.22. The molecule has 3 aromatic rings. The summed E-state index contributed by atoms with van der Waals surface area (Å²) in [6.45, 7) is 6.02. The molecule has 0 spiro atoms. The summed E-state index contributed by atoms with van der Waals surface area (Å²) < 4.78 is 24.2. The Kier molecular flexibility index (Phi) is 3.48. The van der Waals surface area contributed by atoms with Gasteiger partial charge in [0.1, 0.15) is 11.6 Å². The minimum atomic E-state index is -0.473. The van der Waals surface area contributed by atoms with Crippen LogP contribution in [0.2, 0.25) is 5.02 Å². The van der Waals surface area contributed by atoms with E-state index in [0.717, 1.165) is 0 Å². The van der Waals surface area contributed by atoms with Gasteiger partial charge in [-0.2, -0.15) is 0 Å². The van der Waals surface area contributed by atoms with E-state index in [-0.39, 0.29) is 22.2 Å². The van der Waals surface area contributed by atoms with Crippen LogP contribution in [0.25, 0.3) is 23.0 Å². The maximum absolute atomic E-state index is 13.4. The largest absolute Gasteiger partial charge is 0.414 e. The molecular weight excluding hydrogens is 309 g/mol. The smallest absolute Gasteiger partial charge is 0.270 e. The van der Waals surface area contributed by atoms with Crippen molar-refractivity contribution in [3.63, 3.8) is 0 Å². The molecule has 0 aliphatic rings. The van der Waals surface area contributed by atoms with Gasteiger partial charge in [0.15, 0.2) is 5.69 Å². The molecule has 0 saturated carbocycles. The first-order valence-corrected chi connectivity index (χ1v) is 6.98. The number of aromatic nitrogens is 3. The Balaban J connectivity index is 1.95. The molecule has 1 aromatic carbocycles. The van der Waals surface area contributed by atoms with Gasteiger partial charge in [-0.25, -0.2) is 4.39 Å². The second kappa shape index (κ2) is 5.21. The molecule has 7 heteroatoms. The number of benzene rings is 1. The molecule has 0 atom stereocenters. The molecule has 0 unspecified atom stereocenters. The van der Waals surface area contributed by atoms with E-state index in [9.17, 15) is 4.39 Å². The Morgan fingerprint density at radius 2 is 1.77 bits per heavy atom. The van der Waals surface area contributed by atoms with E-state index < -0.39 is 5.82 Å². The van der Waals surface area contributed by atoms with Crippen molar-refractivity contribution in [1.82, 2.24) is 15.4 Å². The van der Waals surface area contributed by atoms with Crippen LogP contribution in [-0.2, 0) is 5.41 Å². The van der Waals surface area contributed by atoms with Gasteiger partial charge >= 0.3 is 0 Å². The second-order valence-corrected chi connectivity index (χ2v) is 6.33. The zero-order valence-corrected chi connectivity index (χ0v) is 13.0. The molecule has 0 fully saturated rings. The number of hydrogen-bond acceptors (Lipinski definition) is 5. The minimum absolute atomic E-state index is 0.164. The normalized spacial score (nSPS) is 11.9. The molecule has 0 N–H and O–H groups in total. The predicted molar refractivity (Wildman–Crippen MR) is 78.9 cm³/mol. The first-order chi connectivity index (χ1) is 10.3. The predicted octanol–water partition coefficient (Wildman–Crippen LogP) is 4.48. The average Bonchev–Trinajstić information content (AvgIpc) is 3.06. The Bertz CT molecular complexity index is 800. The van der Waals surface area contributed by atoms with Gasteiger partial charge in [-0.3, -0.25) is 0 Å². The monoisotopic (exact) mass is 321 g/mol. The fourth-order valence-electron chi connectivity index (χ4n) is 1.85. The molecule has 0 radical (unpaired) electrons. The van der Waals surface area contributed by atoms with Crippen LogP contribution in [0, 0.1) is 5.82 Å². The Morgan fingerprint density at radius 1 is 1.05 bits per heavy atom. The van der Waals surface area contributed by atoms with E-state index in [1.807, 2.05) is 20.8 Å². The van der Waals surface area contributed by atoms with Crippen molar-refractivity contribution >= 4 is 11.6 Å². The van der Waals surface area contributed by atoms with Gasteiger partial charge in [0.25, 0.3) is 5.89 Å². The Hall–Kier alpha value is -2.21. The third kappa shape index (κ3) is 2.87. The van der Waals surface area contributed by atoms with E-state index in [1.54, 1.807) is 12.1 Å². The summed E-state index contributed by atoms with van der Waals surface area (Å²) in [7, 11) is 0. The van der Waals surface area contributed by atoms with Gasteiger partial charge in [0, 0.05) is 22.1 Å². The molecule has 2 aromatic heterocycles. The SMILES string of the molecule is CC(C)(C)c1cc(-c2nnc(-c3cc(F)cc(Cl)c3)o2)no1. The van der Waals surface area contributed by atoms with Crippen molar-refractivity contribution in [1.29, 1.82) is 0 Å². The summed E-state index contributed by atoms with van der Waals surface area (Å²) >= 11 is 5.82. The second-order valence-electron chi connectivity index (χ2n) is 5.90. The quantitative estimate of drug-likeness (QED) is 0.696. The van der Waals surface area contributed by atoms with Gasteiger partial charge < -0.3 is 8.94 Å². The van der Waals surface area contributed by atoms with Crippen LogP contribution >= 0.6 is 11.6 Å². The highest BCUT2D eigenvalue weighted by molar-refractivity contribution is 6.30. The lowest BCUT2D eigenvalue weighted by Gasteiger charge is -2.11. The fraction of sp³-hybridized carbons (Fsp3) is 0.267. The minimum Gasteiger partial charge on any atom is -0.414 e.